The molecule has 27 heavy (non-hydrogen) atoms. The molecule has 5 heteroatoms. The zero-order valence-corrected chi connectivity index (χ0v) is 15.2. The molecule has 1 fully saturated rings. The van der Waals surface area contributed by atoms with Crippen LogP contribution in [0.5, 0.6) is 5.75 Å². The number of carbonyl (C=O) groups is 1. The Morgan fingerprint density at radius 1 is 1.15 bits per heavy atom. The predicted octanol–water partition coefficient (Wildman–Crippen LogP) is 3.39. The average molecular weight is 361 g/mol. The van der Waals surface area contributed by atoms with Gasteiger partial charge in [0.1, 0.15) is 11.8 Å². The number of amides is 1. The van der Waals surface area contributed by atoms with Crippen LogP contribution >= 0.6 is 0 Å². The molecule has 1 heterocycles. The Hall–Kier alpha value is -3.26. The summed E-state index contributed by atoms with van der Waals surface area (Å²) in [5.74, 6) is 0.571. The quantitative estimate of drug-likeness (QED) is 0.801. The molecule has 0 bridgehead atoms. The van der Waals surface area contributed by atoms with Gasteiger partial charge in [0.25, 0.3) is 0 Å². The summed E-state index contributed by atoms with van der Waals surface area (Å²) in [6, 6.07) is 19.8. The molecular formula is C22H23N3O2. The van der Waals surface area contributed by atoms with Crippen LogP contribution in [0.15, 0.2) is 60.7 Å². The number of anilines is 1. The molecule has 0 radical (unpaired) electrons. The molecule has 0 saturated carbocycles. The van der Waals surface area contributed by atoms with Gasteiger partial charge in [0.15, 0.2) is 6.61 Å². The van der Waals surface area contributed by atoms with Crippen molar-refractivity contribution in [2.24, 2.45) is 0 Å². The van der Waals surface area contributed by atoms with Gasteiger partial charge in [0, 0.05) is 30.9 Å². The van der Waals surface area contributed by atoms with Gasteiger partial charge in [-0.2, -0.15) is 5.26 Å². The molecule has 5 nitrogen and oxygen atoms in total. The van der Waals surface area contributed by atoms with Crippen LogP contribution in [0.3, 0.4) is 0 Å². The van der Waals surface area contributed by atoms with E-state index in [1.807, 2.05) is 24.3 Å². The molecule has 0 unspecified atom stereocenters. The fourth-order valence-electron chi connectivity index (χ4n) is 3.13. The lowest BCUT2D eigenvalue weighted by Crippen LogP contribution is -2.44. The van der Waals surface area contributed by atoms with Crippen molar-refractivity contribution in [3.8, 4) is 11.8 Å². The first-order valence-electron chi connectivity index (χ1n) is 9.13. The summed E-state index contributed by atoms with van der Waals surface area (Å²) >= 11 is 0. The van der Waals surface area contributed by atoms with E-state index in [-0.39, 0.29) is 18.6 Å². The Bertz CT molecular complexity index is 802. The van der Waals surface area contributed by atoms with Crippen LogP contribution in [-0.2, 0) is 4.79 Å². The van der Waals surface area contributed by atoms with Gasteiger partial charge in [0.2, 0.25) is 5.91 Å². The third-order valence-electron chi connectivity index (χ3n) is 4.57. The van der Waals surface area contributed by atoms with Crippen molar-refractivity contribution in [1.29, 1.82) is 5.26 Å². The normalized spacial score (nSPS) is 14.7. The van der Waals surface area contributed by atoms with E-state index >= 15 is 0 Å². The number of piperidine rings is 1. The smallest absolute Gasteiger partial charge is 0.244 e. The molecule has 1 amide bonds. The Kier molecular flexibility index (Phi) is 6.48. The Balaban J connectivity index is 1.44. The van der Waals surface area contributed by atoms with Crippen molar-refractivity contribution in [1.82, 2.24) is 5.32 Å². The van der Waals surface area contributed by atoms with Crippen LogP contribution in [0.2, 0.25) is 0 Å². The number of nitrogens with one attached hydrogen (secondary N) is 1. The second-order valence-electron chi connectivity index (χ2n) is 6.45. The summed E-state index contributed by atoms with van der Waals surface area (Å²) in [6.45, 7) is 1.92. The Labute approximate surface area is 159 Å². The minimum Gasteiger partial charge on any atom is -0.479 e. The van der Waals surface area contributed by atoms with Crippen molar-refractivity contribution in [3.63, 3.8) is 0 Å². The topological polar surface area (TPSA) is 65.4 Å². The van der Waals surface area contributed by atoms with Crippen molar-refractivity contribution < 1.29 is 9.53 Å². The number of carbonyl (C=O) groups excluding carboxylic acids is 1. The third-order valence-corrected chi connectivity index (χ3v) is 4.57. The highest BCUT2D eigenvalue weighted by Gasteiger charge is 2.20. The molecule has 2 aromatic carbocycles. The molecule has 2 aromatic rings. The number of rotatable bonds is 6. The van der Waals surface area contributed by atoms with Gasteiger partial charge in [-0.3, -0.25) is 4.79 Å². The van der Waals surface area contributed by atoms with E-state index in [0.717, 1.165) is 31.5 Å². The lowest BCUT2D eigenvalue weighted by atomic mass is 10.0. The average Bonchev–Trinajstić information content (AvgIpc) is 2.73. The molecular weight excluding hydrogens is 338 g/mol. The van der Waals surface area contributed by atoms with E-state index in [1.165, 1.54) is 5.69 Å². The van der Waals surface area contributed by atoms with Crippen LogP contribution in [0.25, 0.3) is 6.08 Å². The van der Waals surface area contributed by atoms with Gasteiger partial charge in [-0.15, -0.1) is 0 Å². The highest BCUT2D eigenvalue weighted by Crippen LogP contribution is 2.19. The maximum atomic E-state index is 12.2. The van der Waals surface area contributed by atoms with Crippen LogP contribution in [0.1, 0.15) is 18.4 Å². The number of nitrogens with zero attached hydrogens (tertiary/aromatic N) is 2. The van der Waals surface area contributed by atoms with Crippen LogP contribution in [0, 0.1) is 11.3 Å². The molecule has 0 atom stereocenters. The molecule has 0 aliphatic carbocycles. The van der Waals surface area contributed by atoms with Crippen molar-refractivity contribution in [2.75, 3.05) is 24.6 Å². The van der Waals surface area contributed by atoms with E-state index < -0.39 is 0 Å². The summed E-state index contributed by atoms with van der Waals surface area (Å²) < 4.78 is 5.21. The highest BCUT2D eigenvalue weighted by atomic mass is 16.5. The maximum Gasteiger partial charge on any atom is 0.244 e. The van der Waals surface area contributed by atoms with Crippen LogP contribution < -0.4 is 15.0 Å². The van der Waals surface area contributed by atoms with Crippen molar-refractivity contribution >= 4 is 17.7 Å². The number of hydrogen-bond acceptors (Lipinski definition) is 4. The van der Waals surface area contributed by atoms with Gasteiger partial charge in [-0.1, -0.05) is 30.3 Å². The Morgan fingerprint density at radius 2 is 1.85 bits per heavy atom. The summed E-state index contributed by atoms with van der Waals surface area (Å²) in [6.07, 6.45) is 5.23. The standard InChI is InChI=1S/C22H23N3O2/c23-14-17-27-21-9-6-18(7-10-21)8-11-22(26)24-19-12-15-25(16-13-19)20-4-2-1-3-5-20/h1-11,19H,12-13,15-17H2,(H,24,26)/b11-8+. The first kappa shape index (κ1) is 18.5. The number of nitriles is 1. The van der Waals surface area contributed by atoms with E-state index in [4.69, 9.17) is 10.00 Å². The molecule has 0 aromatic heterocycles. The molecule has 138 valence electrons. The zero-order valence-electron chi connectivity index (χ0n) is 15.2. The van der Waals surface area contributed by atoms with E-state index in [2.05, 4.69) is 34.5 Å². The van der Waals surface area contributed by atoms with E-state index in [9.17, 15) is 4.79 Å². The molecule has 1 aliphatic heterocycles. The first-order valence-corrected chi connectivity index (χ1v) is 9.13. The fourth-order valence-corrected chi connectivity index (χ4v) is 3.13. The summed E-state index contributed by atoms with van der Waals surface area (Å²) in [5.41, 5.74) is 2.15. The lowest BCUT2D eigenvalue weighted by Gasteiger charge is -2.33. The predicted molar refractivity (Wildman–Crippen MR) is 106 cm³/mol. The highest BCUT2D eigenvalue weighted by molar-refractivity contribution is 5.91. The number of para-hydroxylation sites is 1. The Morgan fingerprint density at radius 3 is 2.52 bits per heavy atom. The maximum absolute atomic E-state index is 12.2. The van der Waals surface area contributed by atoms with Gasteiger partial charge < -0.3 is 15.0 Å². The number of hydrogen-bond donors (Lipinski definition) is 1. The zero-order chi connectivity index (χ0) is 18.9. The van der Waals surface area contributed by atoms with Gasteiger partial charge in [0.05, 0.1) is 0 Å². The van der Waals surface area contributed by atoms with Gasteiger partial charge >= 0.3 is 0 Å². The van der Waals surface area contributed by atoms with Gasteiger partial charge in [-0.05, 0) is 48.7 Å². The SMILES string of the molecule is N#CCOc1ccc(/C=C/C(=O)NC2CCN(c3ccccc3)CC2)cc1. The fraction of sp³-hybridized carbons (Fsp3) is 0.273. The first-order chi connectivity index (χ1) is 13.2. The van der Waals surface area contributed by atoms with Crippen molar-refractivity contribution in [2.45, 2.75) is 18.9 Å². The van der Waals surface area contributed by atoms with Gasteiger partial charge in [-0.25, -0.2) is 0 Å². The molecule has 1 saturated heterocycles. The molecule has 1 aliphatic rings. The number of ether oxygens (including phenoxy) is 1. The van der Waals surface area contributed by atoms with Crippen LogP contribution in [-0.4, -0.2) is 31.6 Å². The minimum absolute atomic E-state index is 0.0285. The number of benzene rings is 2. The summed E-state index contributed by atoms with van der Waals surface area (Å²) in [7, 11) is 0. The minimum atomic E-state index is -0.0713. The van der Waals surface area contributed by atoms with E-state index in [1.54, 1.807) is 24.3 Å². The van der Waals surface area contributed by atoms with Crippen molar-refractivity contribution in [3.05, 3.63) is 66.2 Å². The van der Waals surface area contributed by atoms with Crippen LogP contribution in [0.4, 0.5) is 5.69 Å². The molecule has 0 spiro atoms. The second kappa shape index (κ2) is 9.44. The molecule has 1 N–H and O–H groups in total. The second-order valence-corrected chi connectivity index (χ2v) is 6.45. The monoisotopic (exact) mass is 361 g/mol. The summed E-state index contributed by atoms with van der Waals surface area (Å²) in [4.78, 5) is 14.5. The third kappa shape index (κ3) is 5.61. The lowest BCUT2D eigenvalue weighted by molar-refractivity contribution is -0.117. The largest absolute Gasteiger partial charge is 0.479 e. The summed E-state index contributed by atoms with van der Waals surface area (Å²) in [5, 5.41) is 11.6. The molecule has 3 rings (SSSR count). The van der Waals surface area contributed by atoms with E-state index in [0.29, 0.717) is 5.75 Å².